The maximum Gasteiger partial charge on any atom is 0.127 e. The summed E-state index contributed by atoms with van der Waals surface area (Å²) in [7, 11) is -1.11. The Hall–Kier alpha value is -0.773. The molecule has 0 aliphatic carbocycles. The summed E-state index contributed by atoms with van der Waals surface area (Å²) in [6, 6.07) is 2.02. The maximum absolute atomic E-state index is 9.06. The van der Waals surface area contributed by atoms with Crippen LogP contribution in [0.2, 0.25) is 18.6 Å². The van der Waals surface area contributed by atoms with Crippen molar-refractivity contribution in [2.24, 2.45) is 0 Å². The molecule has 2 atom stereocenters. The fourth-order valence-electron chi connectivity index (χ4n) is 0.688. The third-order valence-corrected chi connectivity index (χ3v) is 3.33. The van der Waals surface area contributed by atoms with Gasteiger partial charge in [0.2, 0.25) is 0 Å². The smallest absolute Gasteiger partial charge is 0.127 e. The van der Waals surface area contributed by atoms with Gasteiger partial charge in [0.15, 0.2) is 0 Å². The van der Waals surface area contributed by atoms with Crippen LogP contribution in [0.1, 0.15) is 0 Å². The van der Waals surface area contributed by atoms with E-state index in [1.807, 2.05) is 19.2 Å². The van der Waals surface area contributed by atoms with Crippen LogP contribution < -0.4 is 0 Å². The lowest BCUT2D eigenvalue weighted by Crippen LogP contribution is -2.22. The highest BCUT2D eigenvalue weighted by atomic mass is 28.3. The summed E-state index contributed by atoms with van der Waals surface area (Å²) < 4.78 is 0. The molecule has 0 aromatic carbocycles. The van der Waals surface area contributed by atoms with Crippen LogP contribution in [0.15, 0.2) is 0 Å². The molecule has 0 aromatic heterocycles. The van der Waals surface area contributed by atoms with Crippen molar-refractivity contribution in [3.05, 3.63) is 0 Å². The zero-order valence-corrected chi connectivity index (χ0v) is 7.36. The number of nitrogens with zero attached hydrogens (tertiary/aromatic N) is 1. The van der Waals surface area contributed by atoms with Crippen molar-refractivity contribution in [3.63, 3.8) is 0 Å². The molecular formula is C7H11NOSi. The molecule has 0 aliphatic rings. The Balaban J connectivity index is 4.14. The van der Waals surface area contributed by atoms with E-state index in [0.29, 0.717) is 0 Å². The number of aliphatic hydroxyl groups is 1. The molecule has 0 heterocycles. The summed E-state index contributed by atoms with van der Waals surface area (Å²) in [5.74, 6) is 2.17. The van der Waals surface area contributed by atoms with Crippen molar-refractivity contribution >= 4 is 8.80 Å². The first-order valence-corrected chi connectivity index (χ1v) is 6.15. The monoisotopic (exact) mass is 153 g/mol. The Labute approximate surface area is 63.1 Å². The highest BCUT2D eigenvalue weighted by Crippen LogP contribution is 2.13. The molecule has 54 valence electrons. The van der Waals surface area contributed by atoms with Crippen molar-refractivity contribution in [2.45, 2.75) is 24.7 Å². The molecule has 0 radical (unpaired) electrons. The van der Waals surface area contributed by atoms with E-state index < -0.39 is 14.9 Å². The Morgan fingerprint density at radius 2 is 2.10 bits per heavy atom. The molecule has 0 saturated carbocycles. The van der Waals surface area contributed by atoms with Gasteiger partial charge in [-0.25, -0.2) is 0 Å². The van der Waals surface area contributed by atoms with E-state index >= 15 is 0 Å². The van der Waals surface area contributed by atoms with Crippen molar-refractivity contribution in [2.75, 3.05) is 0 Å². The first-order chi connectivity index (χ1) is 4.63. The number of rotatable bonds is 2. The Bertz CT molecular complexity index is 177. The summed E-state index contributed by atoms with van der Waals surface area (Å²) >= 11 is 0. The average molecular weight is 153 g/mol. The molecule has 0 rings (SSSR count). The highest BCUT2D eigenvalue weighted by Gasteiger charge is 2.20. The molecule has 0 aromatic rings. The molecule has 0 saturated heterocycles. The molecule has 0 aliphatic heterocycles. The van der Waals surface area contributed by atoms with Gasteiger partial charge in [0.05, 0.1) is 20.4 Å². The molecule has 0 bridgehead atoms. The van der Waals surface area contributed by atoms with Gasteiger partial charge in [0, 0.05) is 0 Å². The summed E-state index contributed by atoms with van der Waals surface area (Å²) in [6.07, 6.45) is 4.09. The third-order valence-electron chi connectivity index (χ3n) is 1.38. The highest BCUT2D eigenvalue weighted by molar-refractivity contribution is 6.58. The zero-order valence-electron chi connectivity index (χ0n) is 6.20. The van der Waals surface area contributed by atoms with Crippen LogP contribution in [0.4, 0.5) is 0 Å². The predicted octanol–water partition coefficient (Wildman–Crippen LogP) is 0.361. The van der Waals surface area contributed by atoms with Gasteiger partial charge in [0.25, 0.3) is 0 Å². The molecule has 2 nitrogen and oxygen atoms in total. The summed E-state index contributed by atoms with van der Waals surface area (Å²) in [6.45, 7) is 3.99. The summed E-state index contributed by atoms with van der Waals surface area (Å²) in [5.41, 5.74) is -0.301. The average Bonchev–Trinajstić information content (AvgIpc) is 1.88. The van der Waals surface area contributed by atoms with Crippen LogP contribution in [0.25, 0.3) is 0 Å². The number of hydrogen-bond donors (Lipinski definition) is 1. The topological polar surface area (TPSA) is 44.0 Å². The lowest BCUT2D eigenvalue weighted by atomic mass is 10.3. The zero-order chi connectivity index (χ0) is 8.15. The van der Waals surface area contributed by atoms with Gasteiger partial charge in [-0.3, -0.25) is 0 Å². The molecule has 3 heteroatoms. The van der Waals surface area contributed by atoms with Gasteiger partial charge >= 0.3 is 0 Å². The second-order valence-electron chi connectivity index (χ2n) is 2.51. The first-order valence-electron chi connectivity index (χ1n) is 3.17. The summed E-state index contributed by atoms with van der Waals surface area (Å²) in [5, 5.41) is 17.6. The molecule has 0 amide bonds. The van der Waals surface area contributed by atoms with Gasteiger partial charge in [-0.15, -0.1) is 6.42 Å². The van der Waals surface area contributed by atoms with Crippen LogP contribution in [-0.4, -0.2) is 20.0 Å². The largest absolute Gasteiger partial charge is 0.379 e. The van der Waals surface area contributed by atoms with Gasteiger partial charge < -0.3 is 5.11 Å². The quantitative estimate of drug-likeness (QED) is 0.460. The van der Waals surface area contributed by atoms with Gasteiger partial charge in [-0.1, -0.05) is 19.0 Å². The summed E-state index contributed by atoms with van der Waals surface area (Å²) in [4.78, 5) is 0. The van der Waals surface area contributed by atoms with E-state index in [0.717, 1.165) is 0 Å². The minimum absolute atomic E-state index is 0.301. The van der Waals surface area contributed by atoms with Crippen molar-refractivity contribution in [1.82, 2.24) is 0 Å². The third kappa shape index (κ3) is 2.22. The number of aliphatic hydroxyl groups excluding tert-OH is 1. The normalized spacial score (nSPS) is 15.4. The van der Waals surface area contributed by atoms with Crippen LogP contribution in [-0.2, 0) is 0 Å². The predicted molar refractivity (Wildman–Crippen MR) is 43.1 cm³/mol. The molecule has 1 N–H and O–H groups in total. The number of nitriles is 1. The molecule has 10 heavy (non-hydrogen) atoms. The van der Waals surface area contributed by atoms with Crippen LogP contribution in [0, 0.1) is 23.7 Å². The first kappa shape index (κ1) is 9.23. The maximum atomic E-state index is 9.06. The standard InChI is InChI=1S/C7H11NOSi/c1-4-6(9)7(5-8)10(2)3/h1,6-7,9-10H,2-3H3. The van der Waals surface area contributed by atoms with Gasteiger partial charge in [-0.2, -0.15) is 5.26 Å². The molecular weight excluding hydrogens is 142 g/mol. The Morgan fingerprint density at radius 1 is 1.60 bits per heavy atom. The SMILES string of the molecule is C#CC(O)C(C#N)[SiH](C)C. The van der Waals surface area contributed by atoms with Gasteiger partial charge in [-0.05, 0) is 0 Å². The fraction of sp³-hybridized carbons (Fsp3) is 0.571. The lowest BCUT2D eigenvalue weighted by molar-refractivity contribution is 0.237. The van der Waals surface area contributed by atoms with Crippen molar-refractivity contribution in [3.8, 4) is 18.4 Å². The molecule has 0 fully saturated rings. The second kappa shape index (κ2) is 4.11. The second-order valence-corrected chi connectivity index (χ2v) is 5.72. The van der Waals surface area contributed by atoms with Crippen molar-refractivity contribution in [1.29, 1.82) is 5.26 Å². The number of terminal acetylenes is 1. The lowest BCUT2D eigenvalue weighted by Gasteiger charge is -2.12. The molecule has 0 spiro atoms. The molecule has 2 unspecified atom stereocenters. The van der Waals surface area contributed by atoms with Gasteiger partial charge in [0.1, 0.15) is 6.10 Å². The minimum Gasteiger partial charge on any atom is -0.379 e. The van der Waals surface area contributed by atoms with E-state index in [1.54, 1.807) is 0 Å². The van der Waals surface area contributed by atoms with E-state index in [4.69, 9.17) is 16.8 Å². The minimum atomic E-state index is -1.11. The van der Waals surface area contributed by atoms with E-state index in [9.17, 15) is 0 Å². The number of hydrogen-bond acceptors (Lipinski definition) is 2. The Kier molecular flexibility index (Phi) is 3.79. The van der Waals surface area contributed by atoms with Crippen LogP contribution in [0.5, 0.6) is 0 Å². The van der Waals surface area contributed by atoms with Crippen LogP contribution in [0.3, 0.4) is 0 Å². The van der Waals surface area contributed by atoms with E-state index in [1.165, 1.54) is 0 Å². The Morgan fingerprint density at radius 3 is 2.20 bits per heavy atom. The fourth-order valence-corrected chi connectivity index (χ4v) is 1.83. The van der Waals surface area contributed by atoms with E-state index in [-0.39, 0.29) is 5.54 Å². The van der Waals surface area contributed by atoms with Crippen molar-refractivity contribution < 1.29 is 5.11 Å². The van der Waals surface area contributed by atoms with Crippen LogP contribution >= 0.6 is 0 Å². The van der Waals surface area contributed by atoms with E-state index in [2.05, 4.69) is 5.92 Å².